The lowest BCUT2D eigenvalue weighted by molar-refractivity contribution is 0.562. The van der Waals surface area contributed by atoms with Crippen molar-refractivity contribution in [3.63, 3.8) is 0 Å². The summed E-state index contributed by atoms with van der Waals surface area (Å²) in [5.74, 6) is 0.644. The van der Waals surface area contributed by atoms with E-state index in [1.807, 2.05) is 0 Å². The van der Waals surface area contributed by atoms with Crippen LogP contribution < -0.4 is 11.1 Å². The van der Waals surface area contributed by atoms with Crippen LogP contribution in [0.5, 0.6) is 0 Å². The van der Waals surface area contributed by atoms with Gasteiger partial charge in [-0.3, -0.25) is 4.99 Å². The molecule has 0 aromatic carbocycles. The minimum atomic E-state index is 0.483. The van der Waals surface area contributed by atoms with E-state index >= 15 is 0 Å². The lowest BCUT2D eigenvalue weighted by Gasteiger charge is -2.16. The van der Waals surface area contributed by atoms with Crippen molar-refractivity contribution >= 4 is 5.96 Å². The quantitative estimate of drug-likeness (QED) is 0.535. The Bertz CT molecular complexity index is 179. The Morgan fingerprint density at radius 2 is 1.93 bits per heavy atom. The SMILES string of the molecule is CCC(CC)NC(N)=NC1CCCC1. The zero-order valence-electron chi connectivity index (χ0n) is 9.42. The predicted molar refractivity (Wildman–Crippen MR) is 61.4 cm³/mol. The summed E-state index contributed by atoms with van der Waals surface area (Å²) in [4.78, 5) is 4.50. The highest BCUT2D eigenvalue weighted by Crippen LogP contribution is 2.20. The first-order valence-corrected chi connectivity index (χ1v) is 5.86. The molecule has 1 fully saturated rings. The van der Waals surface area contributed by atoms with Gasteiger partial charge in [0.15, 0.2) is 5.96 Å². The van der Waals surface area contributed by atoms with Crippen LogP contribution in [0, 0.1) is 0 Å². The number of aliphatic imine (C=N–C) groups is 1. The number of nitrogens with two attached hydrogens (primary N) is 1. The van der Waals surface area contributed by atoms with Gasteiger partial charge in [-0.25, -0.2) is 0 Å². The fourth-order valence-electron chi connectivity index (χ4n) is 1.97. The van der Waals surface area contributed by atoms with Crippen molar-refractivity contribution in [2.45, 2.75) is 64.5 Å². The summed E-state index contributed by atoms with van der Waals surface area (Å²) in [6.45, 7) is 4.34. The smallest absolute Gasteiger partial charge is 0.189 e. The molecule has 0 aromatic rings. The molecule has 3 N–H and O–H groups in total. The maximum atomic E-state index is 5.84. The van der Waals surface area contributed by atoms with Gasteiger partial charge in [0.1, 0.15) is 0 Å². The van der Waals surface area contributed by atoms with Gasteiger partial charge in [0.25, 0.3) is 0 Å². The van der Waals surface area contributed by atoms with Crippen molar-refractivity contribution in [1.82, 2.24) is 5.32 Å². The molecule has 1 aliphatic rings. The van der Waals surface area contributed by atoms with E-state index in [1.54, 1.807) is 0 Å². The molecule has 0 atom stereocenters. The second kappa shape index (κ2) is 5.89. The lowest BCUT2D eigenvalue weighted by atomic mass is 10.2. The standard InChI is InChI=1S/C11H23N3/c1-3-9(4-2)13-11(12)14-10-7-5-6-8-10/h9-10H,3-8H2,1-2H3,(H3,12,13,14). The maximum Gasteiger partial charge on any atom is 0.189 e. The second-order valence-electron chi connectivity index (χ2n) is 4.11. The third kappa shape index (κ3) is 3.56. The zero-order chi connectivity index (χ0) is 10.4. The van der Waals surface area contributed by atoms with E-state index in [9.17, 15) is 0 Å². The van der Waals surface area contributed by atoms with Crippen LogP contribution in [0.1, 0.15) is 52.4 Å². The monoisotopic (exact) mass is 197 g/mol. The molecule has 14 heavy (non-hydrogen) atoms. The van der Waals surface area contributed by atoms with Crippen molar-refractivity contribution < 1.29 is 0 Å². The van der Waals surface area contributed by atoms with Gasteiger partial charge in [-0.2, -0.15) is 0 Å². The van der Waals surface area contributed by atoms with Gasteiger partial charge in [-0.15, -0.1) is 0 Å². The number of nitrogens with one attached hydrogen (secondary N) is 1. The molecule has 0 spiro atoms. The highest BCUT2D eigenvalue weighted by Gasteiger charge is 2.14. The molecule has 1 rings (SSSR count). The van der Waals surface area contributed by atoms with Crippen molar-refractivity contribution in [2.75, 3.05) is 0 Å². The van der Waals surface area contributed by atoms with Crippen LogP contribution >= 0.6 is 0 Å². The van der Waals surface area contributed by atoms with Gasteiger partial charge in [0.05, 0.1) is 6.04 Å². The normalized spacial score (nSPS) is 19.2. The Hall–Kier alpha value is -0.730. The average molecular weight is 197 g/mol. The number of rotatable bonds is 4. The zero-order valence-corrected chi connectivity index (χ0v) is 9.42. The number of nitrogens with zero attached hydrogens (tertiary/aromatic N) is 1. The minimum Gasteiger partial charge on any atom is -0.370 e. The molecule has 0 aliphatic heterocycles. The van der Waals surface area contributed by atoms with Gasteiger partial charge in [-0.05, 0) is 25.7 Å². The van der Waals surface area contributed by atoms with Crippen molar-refractivity contribution in [3.8, 4) is 0 Å². The van der Waals surface area contributed by atoms with E-state index in [-0.39, 0.29) is 0 Å². The molecule has 1 aliphatic carbocycles. The van der Waals surface area contributed by atoms with E-state index in [0.717, 1.165) is 12.8 Å². The summed E-state index contributed by atoms with van der Waals surface area (Å²) in [5.41, 5.74) is 5.84. The van der Waals surface area contributed by atoms with Crippen LogP contribution in [0.2, 0.25) is 0 Å². The van der Waals surface area contributed by atoms with Crippen LogP contribution in [0.25, 0.3) is 0 Å². The first-order valence-electron chi connectivity index (χ1n) is 5.86. The van der Waals surface area contributed by atoms with E-state index in [4.69, 9.17) is 5.73 Å². The second-order valence-corrected chi connectivity index (χ2v) is 4.11. The lowest BCUT2D eigenvalue weighted by Crippen LogP contribution is -2.40. The molecule has 0 amide bonds. The third-order valence-electron chi connectivity index (χ3n) is 2.98. The highest BCUT2D eigenvalue weighted by molar-refractivity contribution is 5.78. The molecular weight excluding hydrogens is 174 g/mol. The molecule has 0 bridgehead atoms. The van der Waals surface area contributed by atoms with Gasteiger partial charge in [0.2, 0.25) is 0 Å². The summed E-state index contributed by atoms with van der Waals surface area (Å²) in [6.07, 6.45) is 7.27. The summed E-state index contributed by atoms with van der Waals surface area (Å²) >= 11 is 0. The molecular formula is C11H23N3. The number of guanidine groups is 1. The van der Waals surface area contributed by atoms with Crippen molar-refractivity contribution in [3.05, 3.63) is 0 Å². The fourth-order valence-corrected chi connectivity index (χ4v) is 1.97. The molecule has 0 aromatic heterocycles. The average Bonchev–Trinajstić information content (AvgIpc) is 2.66. The first-order chi connectivity index (χ1) is 6.76. The minimum absolute atomic E-state index is 0.483. The molecule has 1 saturated carbocycles. The van der Waals surface area contributed by atoms with Crippen LogP contribution in [0.15, 0.2) is 4.99 Å². The predicted octanol–water partition coefficient (Wildman–Crippen LogP) is 2.02. The van der Waals surface area contributed by atoms with Crippen LogP contribution in [-0.2, 0) is 0 Å². The maximum absolute atomic E-state index is 5.84. The first kappa shape index (κ1) is 11.3. The van der Waals surface area contributed by atoms with Gasteiger partial charge < -0.3 is 11.1 Å². The Labute approximate surface area is 87.2 Å². The van der Waals surface area contributed by atoms with E-state index in [0.29, 0.717) is 18.0 Å². The Morgan fingerprint density at radius 3 is 2.43 bits per heavy atom. The van der Waals surface area contributed by atoms with E-state index in [1.165, 1.54) is 25.7 Å². The largest absolute Gasteiger partial charge is 0.370 e. The van der Waals surface area contributed by atoms with Gasteiger partial charge in [0, 0.05) is 6.04 Å². The Balaban J connectivity index is 2.34. The summed E-state index contributed by atoms with van der Waals surface area (Å²) in [7, 11) is 0. The van der Waals surface area contributed by atoms with Crippen LogP contribution in [0.4, 0.5) is 0 Å². The molecule has 0 heterocycles. The van der Waals surface area contributed by atoms with Crippen molar-refractivity contribution in [1.29, 1.82) is 0 Å². The summed E-state index contributed by atoms with van der Waals surface area (Å²) in [5, 5.41) is 3.27. The number of hydrogen-bond acceptors (Lipinski definition) is 1. The fraction of sp³-hybridized carbons (Fsp3) is 0.909. The van der Waals surface area contributed by atoms with Crippen LogP contribution in [-0.4, -0.2) is 18.0 Å². The van der Waals surface area contributed by atoms with Gasteiger partial charge in [-0.1, -0.05) is 26.7 Å². The summed E-state index contributed by atoms with van der Waals surface area (Å²) in [6, 6.07) is 0.969. The van der Waals surface area contributed by atoms with Gasteiger partial charge >= 0.3 is 0 Å². The topological polar surface area (TPSA) is 50.4 Å². The molecule has 3 heteroatoms. The third-order valence-corrected chi connectivity index (χ3v) is 2.98. The molecule has 0 radical (unpaired) electrons. The van der Waals surface area contributed by atoms with Crippen LogP contribution in [0.3, 0.4) is 0 Å². The molecule has 82 valence electrons. The van der Waals surface area contributed by atoms with E-state index in [2.05, 4.69) is 24.2 Å². The van der Waals surface area contributed by atoms with E-state index < -0.39 is 0 Å². The highest BCUT2D eigenvalue weighted by atomic mass is 15.1. The Kier molecular flexibility index (Phi) is 4.77. The Morgan fingerprint density at radius 1 is 1.36 bits per heavy atom. The molecule has 0 unspecified atom stereocenters. The summed E-state index contributed by atoms with van der Waals surface area (Å²) < 4.78 is 0. The molecule has 0 saturated heterocycles. The number of hydrogen-bond donors (Lipinski definition) is 2. The molecule has 3 nitrogen and oxygen atoms in total. The van der Waals surface area contributed by atoms with Crippen molar-refractivity contribution in [2.24, 2.45) is 10.7 Å².